The van der Waals surface area contributed by atoms with Gasteiger partial charge in [0, 0.05) is 17.8 Å². The van der Waals surface area contributed by atoms with Crippen LogP contribution in [0.1, 0.15) is 42.4 Å². The molecular weight excluding hydrogens is 452 g/mol. The zero-order valence-electron chi connectivity index (χ0n) is 19.3. The highest BCUT2D eigenvalue weighted by atomic mass is 35.5. The number of amides is 2. The first-order valence-electron chi connectivity index (χ1n) is 11.1. The molecule has 4 rings (SSSR count). The van der Waals surface area contributed by atoms with Gasteiger partial charge in [-0.2, -0.15) is 0 Å². The van der Waals surface area contributed by atoms with Crippen LogP contribution in [-0.4, -0.2) is 28.6 Å². The third-order valence-corrected chi connectivity index (χ3v) is 5.56. The van der Waals surface area contributed by atoms with Gasteiger partial charge < -0.3 is 15.4 Å². The molecule has 7 nitrogen and oxygen atoms in total. The Bertz CT molecular complexity index is 1200. The van der Waals surface area contributed by atoms with E-state index in [9.17, 15) is 9.59 Å². The maximum absolute atomic E-state index is 13.1. The lowest BCUT2D eigenvalue weighted by Gasteiger charge is -2.20. The lowest BCUT2D eigenvalue weighted by molar-refractivity contribution is 0.0634. The Labute approximate surface area is 203 Å². The summed E-state index contributed by atoms with van der Waals surface area (Å²) in [5.74, 6) is -0.140. The molecule has 1 heterocycles. The molecule has 8 heteroatoms. The van der Waals surface area contributed by atoms with Crippen molar-refractivity contribution in [2.75, 3.05) is 10.6 Å². The molecule has 0 spiro atoms. The third kappa shape index (κ3) is 6.05. The van der Waals surface area contributed by atoms with Crippen LogP contribution in [0.3, 0.4) is 0 Å². The van der Waals surface area contributed by atoms with Gasteiger partial charge in [0.05, 0.1) is 10.7 Å². The van der Waals surface area contributed by atoms with E-state index in [0.29, 0.717) is 16.4 Å². The number of fused-ring (bicyclic) bond motifs is 1. The molecule has 0 atom stereocenters. The number of halogens is 1. The van der Waals surface area contributed by atoms with Crippen molar-refractivity contribution in [2.24, 2.45) is 0 Å². The predicted molar refractivity (Wildman–Crippen MR) is 134 cm³/mol. The minimum atomic E-state index is -0.671. The maximum atomic E-state index is 13.1. The molecule has 176 valence electrons. The normalized spacial score (nSPS) is 13.2. The van der Waals surface area contributed by atoms with E-state index in [1.54, 1.807) is 39.0 Å². The van der Waals surface area contributed by atoms with Crippen molar-refractivity contribution in [1.29, 1.82) is 0 Å². The molecule has 34 heavy (non-hydrogen) atoms. The fourth-order valence-electron chi connectivity index (χ4n) is 3.83. The Hall–Kier alpha value is -3.58. The van der Waals surface area contributed by atoms with Gasteiger partial charge in [-0.25, -0.2) is 9.78 Å². The predicted octanol–water partition coefficient (Wildman–Crippen LogP) is 5.72. The Morgan fingerprint density at radius 2 is 1.65 bits per heavy atom. The first kappa shape index (κ1) is 23.6. The Kier molecular flexibility index (Phi) is 6.75. The first-order valence-corrected chi connectivity index (χ1v) is 11.5. The Morgan fingerprint density at radius 1 is 1.00 bits per heavy atom. The van der Waals surface area contributed by atoms with Crippen molar-refractivity contribution in [1.82, 2.24) is 10.3 Å². The minimum Gasteiger partial charge on any atom is -0.444 e. The van der Waals surface area contributed by atoms with E-state index < -0.39 is 11.7 Å². The lowest BCUT2D eigenvalue weighted by atomic mass is 10.1. The van der Waals surface area contributed by atoms with Gasteiger partial charge in [0.25, 0.3) is 5.91 Å². The molecule has 0 fully saturated rings. The van der Waals surface area contributed by atoms with E-state index in [4.69, 9.17) is 16.3 Å². The number of nitrogens with zero attached hydrogens (tertiary/aromatic N) is 1. The Balaban J connectivity index is 1.56. The number of benzene rings is 2. The van der Waals surface area contributed by atoms with Crippen molar-refractivity contribution in [2.45, 2.75) is 45.3 Å². The number of aromatic nitrogens is 1. The van der Waals surface area contributed by atoms with Gasteiger partial charge in [0.1, 0.15) is 17.1 Å². The molecule has 0 saturated carbocycles. The molecule has 3 N–H and O–H groups in total. The SMILES string of the molecule is CC(C)(C)OC(=O)Nc1cc(Nc2ccccc2Cl)cc(C(=O)NC2Cc3ccccc3C2)n1. The van der Waals surface area contributed by atoms with E-state index in [1.807, 2.05) is 30.3 Å². The van der Waals surface area contributed by atoms with Crippen LogP contribution in [0.5, 0.6) is 0 Å². The largest absolute Gasteiger partial charge is 0.444 e. The number of rotatable bonds is 5. The number of anilines is 3. The van der Waals surface area contributed by atoms with Crippen LogP contribution in [0, 0.1) is 0 Å². The minimum absolute atomic E-state index is 0.0193. The first-order chi connectivity index (χ1) is 16.2. The van der Waals surface area contributed by atoms with Crippen molar-refractivity contribution in [3.8, 4) is 0 Å². The highest BCUT2D eigenvalue weighted by Gasteiger charge is 2.24. The molecule has 1 aliphatic rings. The third-order valence-electron chi connectivity index (χ3n) is 5.23. The summed E-state index contributed by atoms with van der Waals surface area (Å²) in [5, 5.41) is 9.40. The van der Waals surface area contributed by atoms with Gasteiger partial charge in [0.2, 0.25) is 0 Å². The molecule has 0 bridgehead atoms. The number of carbonyl (C=O) groups excluding carboxylic acids is 2. The van der Waals surface area contributed by atoms with Crippen molar-refractivity contribution in [3.63, 3.8) is 0 Å². The summed E-state index contributed by atoms with van der Waals surface area (Å²) in [4.78, 5) is 29.8. The second-order valence-electron chi connectivity index (χ2n) is 9.21. The molecular formula is C26H27ClN4O3. The van der Waals surface area contributed by atoms with E-state index in [-0.39, 0.29) is 23.5 Å². The van der Waals surface area contributed by atoms with E-state index in [2.05, 4.69) is 33.1 Å². The van der Waals surface area contributed by atoms with E-state index >= 15 is 0 Å². The van der Waals surface area contributed by atoms with Gasteiger partial charge in [0.15, 0.2) is 0 Å². The highest BCUT2D eigenvalue weighted by Crippen LogP contribution is 2.27. The lowest BCUT2D eigenvalue weighted by Crippen LogP contribution is -2.36. The summed E-state index contributed by atoms with van der Waals surface area (Å²) in [7, 11) is 0. The topological polar surface area (TPSA) is 92.4 Å². The maximum Gasteiger partial charge on any atom is 0.413 e. The average Bonchev–Trinajstić information content (AvgIpc) is 3.16. The zero-order valence-corrected chi connectivity index (χ0v) is 20.1. The van der Waals surface area contributed by atoms with Gasteiger partial charge in [-0.1, -0.05) is 48.0 Å². The summed E-state index contributed by atoms with van der Waals surface area (Å²) in [6, 6.07) is 18.6. The van der Waals surface area contributed by atoms with E-state index in [1.165, 1.54) is 11.1 Å². The van der Waals surface area contributed by atoms with Crippen LogP contribution in [0.4, 0.5) is 22.0 Å². The van der Waals surface area contributed by atoms with Crippen LogP contribution in [0.2, 0.25) is 5.02 Å². The Morgan fingerprint density at radius 3 is 2.29 bits per heavy atom. The molecule has 2 amide bonds. The molecule has 0 aliphatic heterocycles. The van der Waals surface area contributed by atoms with Gasteiger partial charge in [-0.05, 0) is 62.9 Å². The zero-order chi connectivity index (χ0) is 24.3. The van der Waals surface area contributed by atoms with Gasteiger partial charge in [-0.3, -0.25) is 10.1 Å². The molecule has 2 aromatic carbocycles. The smallest absolute Gasteiger partial charge is 0.413 e. The highest BCUT2D eigenvalue weighted by molar-refractivity contribution is 6.33. The summed E-state index contributed by atoms with van der Waals surface area (Å²) in [5.41, 5.74) is 3.18. The number of hydrogen-bond acceptors (Lipinski definition) is 5. The van der Waals surface area contributed by atoms with Crippen LogP contribution in [0.25, 0.3) is 0 Å². The van der Waals surface area contributed by atoms with E-state index in [0.717, 1.165) is 12.8 Å². The fraction of sp³-hybridized carbons (Fsp3) is 0.269. The summed E-state index contributed by atoms with van der Waals surface area (Å²) in [6.45, 7) is 5.32. The van der Waals surface area contributed by atoms with Crippen LogP contribution in [0.15, 0.2) is 60.7 Å². The number of nitrogens with one attached hydrogen (secondary N) is 3. The number of hydrogen-bond donors (Lipinski definition) is 3. The molecule has 0 unspecified atom stereocenters. The second-order valence-corrected chi connectivity index (χ2v) is 9.61. The standard InChI is InChI=1S/C26H27ClN4O3/c1-26(2,3)34-25(33)31-23-15-19(28-21-11-7-6-10-20(21)27)14-22(30-23)24(32)29-18-12-16-8-4-5-9-17(16)13-18/h4-11,14-15,18H,12-13H2,1-3H3,(H,29,32)(H2,28,30,31,33). The van der Waals surface area contributed by atoms with Crippen molar-refractivity contribution in [3.05, 3.63) is 82.5 Å². The fourth-order valence-corrected chi connectivity index (χ4v) is 4.01. The number of para-hydroxylation sites is 1. The summed E-state index contributed by atoms with van der Waals surface area (Å²) >= 11 is 6.28. The number of pyridine rings is 1. The molecule has 1 aromatic heterocycles. The molecule has 0 saturated heterocycles. The van der Waals surface area contributed by atoms with Crippen molar-refractivity contribution >= 4 is 40.8 Å². The van der Waals surface area contributed by atoms with Gasteiger partial charge in [-0.15, -0.1) is 0 Å². The van der Waals surface area contributed by atoms with Crippen LogP contribution >= 0.6 is 11.6 Å². The number of carbonyl (C=O) groups is 2. The molecule has 1 aliphatic carbocycles. The van der Waals surface area contributed by atoms with Crippen molar-refractivity contribution < 1.29 is 14.3 Å². The monoisotopic (exact) mass is 478 g/mol. The van der Waals surface area contributed by atoms with Crippen LogP contribution < -0.4 is 16.0 Å². The average molecular weight is 479 g/mol. The molecule has 3 aromatic rings. The summed E-state index contributed by atoms with van der Waals surface area (Å²) in [6.07, 6.45) is 0.873. The number of ether oxygens (including phenoxy) is 1. The quantitative estimate of drug-likeness (QED) is 0.436. The van der Waals surface area contributed by atoms with Gasteiger partial charge >= 0.3 is 6.09 Å². The summed E-state index contributed by atoms with van der Waals surface area (Å²) < 4.78 is 5.33. The molecule has 0 radical (unpaired) electrons. The second kappa shape index (κ2) is 9.73. The van der Waals surface area contributed by atoms with Crippen LogP contribution in [-0.2, 0) is 17.6 Å².